The van der Waals surface area contributed by atoms with Crippen LogP contribution in [0, 0.1) is 0 Å². The van der Waals surface area contributed by atoms with Crippen LogP contribution in [0.3, 0.4) is 0 Å². The highest BCUT2D eigenvalue weighted by Gasteiger charge is 2.25. The van der Waals surface area contributed by atoms with Gasteiger partial charge in [-0.15, -0.1) is 11.3 Å². The number of nitrogens with zero attached hydrogens (tertiary/aromatic N) is 2. The molecule has 11 heteroatoms. The van der Waals surface area contributed by atoms with Gasteiger partial charge in [0.25, 0.3) is 17.9 Å². The smallest absolute Gasteiger partial charge is 0.328 e. The van der Waals surface area contributed by atoms with Gasteiger partial charge < -0.3 is 5.32 Å². The second kappa shape index (κ2) is 6.44. The number of aromatic amines is 1. The van der Waals surface area contributed by atoms with Crippen LogP contribution < -0.4 is 16.6 Å². The number of carbonyl (C=O) groups is 1. The predicted molar refractivity (Wildman–Crippen MR) is 82.8 cm³/mol. The molecule has 2 heterocycles. The van der Waals surface area contributed by atoms with E-state index in [0.29, 0.717) is 11.3 Å². The van der Waals surface area contributed by atoms with Crippen molar-refractivity contribution < 1.29 is 13.6 Å². The molecule has 0 spiro atoms. The van der Waals surface area contributed by atoms with Crippen LogP contribution in [0.15, 0.2) is 15.8 Å². The summed E-state index contributed by atoms with van der Waals surface area (Å²) < 4.78 is 26.7. The van der Waals surface area contributed by atoms with Gasteiger partial charge in [0.1, 0.15) is 10.0 Å². The number of halogens is 3. The van der Waals surface area contributed by atoms with Crippen molar-refractivity contribution in [2.24, 2.45) is 0 Å². The molecule has 0 aliphatic heterocycles. The molecule has 128 valence electrons. The van der Waals surface area contributed by atoms with E-state index < -0.39 is 33.6 Å². The molecule has 1 fully saturated rings. The standard InChI is InChI=1S/C13H11ClF2N4O3S/c14-8-7(9(15)16)24-12(18-8)11(22)17-3-5-4-20(6-1-2-6)13(23)19-10(5)21/h4,6,9H,1-3H2,(H,17,22)(H,19,21,23). The van der Waals surface area contributed by atoms with Crippen molar-refractivity contribution in [1.82, 2.24) is 19.9 Å². The highest BCUT2D eigenvalue weighted by Crippen LogP contribution is 2.33. The molecule has 0 saturated heterocycles. The van der Waals surface area contributed by atoms with Crippen molar-refractivity contribution >= 4 is 28.8 Å². The Morgan fingerprint density at radius 2 is 2.21 bits per heavy atom. The maximum Gasteiger partial charge on any atom is 0.328 e. The monoisotopic (exact) mass is 376 g/mol. The molecule has 3 rings (SSSR count). The molecule has 24 heavy (non-hydrogen) atoms. The van der Waals surface area contributed by atoms with E-state index in [1.807, 2.05) is 0 Å². The Morgan fingerprint density at radius 3 is 2.79 bits per heavy atom. The van der Waals surface area contributed by atoms with Gasteiger partial charge in [0.05, 0.1) is 12.1 Å². The van der Waals surface area contributed by atoms with Crippen molar-refractivity contribution in [2.45, 2.75) is 31.9 Å². The first-order valence-corrected chi connectivity index (χ1v) is 8.13. The van der Waals surface area contributed by atoms with Gasteiger partial charge in [0.2, 0.25) is 0 Å². The van der Waals surface area contributed by atoms with Crippen LogP contribution in [-0.2, 0) is 6.54 Å². The van der Waals surface area contributed by atoms with Gasteiger partial charge in [0.15, 0.2) is 5.01 Å². The lowest BCUT2D eigenvalue weighted by molar-refractivity contribution is 0.0950. The average molecular weight is 377 g/mol. The molecule has 0 unspecified atom stereocenters. The molecule has 1 amide bonds. The van der Waals surface area contributed by atoms with Crippen molar-refractivity contribution in [2.75, 3.05) is 0 Å². The van der Waals surface area contributed by atoms with E-state index in [4.69, 9.17) is 11.6 Å². The summed E-state index contributed by atoms with van der Waals surface area (Å²) in [6.45, 7) is -0.164. The minimum Gasteiger partial charge on any atom is -0.346 e. The van der Waals surface area contributed by atoms with Gasteiger partial charge in [-0.2, -0.15) is 0 Å². The van der Waals surface area contributed by atoms with E-state index in [-0.39, 0.29) is 23.2 Å². The van der Waals surface area contributed by atoms with Crippen LogP contribution in [0.4, 0.5) is 8.78 Å². The number of H-pyrrole nitrogens is 1. The molecule has 1 saturated carbocycles. The van der Waals surface area contributed by atoms with Gasteiger partial charge in [-0.05, 0) is 12.8 Å². The number of alkyl halides is 2. The number of amides is 1. The van der Waals surface area contributed by atoms with Crippen LogP contribution in [0.2, 0.25) is 5.15 Å². The highest BCUT2D eigenvalue weighted by atomic mass is 35.5. The number of nitrogens with one attached hydrogen (secondary N) is 2. The lowest BCUT2D eigenvalue weighted by Gasteiger charge is -2.06. The minimum atomic E-state index is -2.82. The fourth-order valence-electron chi connectivity index (χ4n) is 2.07. The van der Waals surface area contributed by atoms with Crippen LogP contribution in [-0.4, -0.2) is 20.4 Å². The Hall–Kier alpha value is -2.07. The highest BCUT2D eigenvalue weighted by molar-refractivity contribution is 7.14. The summed E-state index contributed by atoms with van der Waals surface area (Å²) in [5, 5.41) is 1.78. The molecule has 2 aromatic heterocycles. The Balaban J connectivity index is 1.75. The van der Waals surface area contributed by atoms with Crippen LogP contribution >= 0.6 is 22.9 Å². The summed E-state index contributed by atoms with van der Waals surface area (Å²) >= 11 is 6.04. The summed E-state index contributed by atoms with van der Waals surface area (Å²) in [6, 6.07) is 0.0650. The van der Waals surface area contributed by atoms with Gasteiger partial charge in [0, 0.05) is 12.2 Å². The summed E-state index contributed by atoms with van der Waals surface area (Å²) in [7, 11) is 0. The van der Waals surface area contributed by atoms with E-state index in [0.717, 1.165) is 12.8 Å². The van der Waals surface area contributed by atoms with Gasteiger partial charge in [-0.3, -0.25) is 19.1 Å². The molecule has 0 bridgehead atoms. The zero-order valence-electron chi connectivity index (χ0n) is 12.0. The summed E-state index contributed by atoms with van der Waals surface area (Å²) in [5.41, 5.74) is -0.917. The number of carbonyl (C=O) groups excluding carboxylic acids is 1. The normalized spacial score (nSPS) is 14.2. The largest absolute Gasteiger partial charge is 0.346 e. The molecular weight excluding hydrogens is 366 g/mol. The first-order chi connectivity index (χ1) is 11.4. The van der Waals surface area contributed by atoms with E-state index in [1.54, 1.807) is 0 Å². The quantitative estimate of drug-likeness (QED) is 0.832. The molecule has 1 aliphatic rings. The number of rotatable bonds is 5. The third kappa shape index (κ3) is 3.39. The summed E-state index contributed by atoms with van der Waals surface area (Å²) in [4.78, 5) is 40.7. The van der Waals surface area contributed by atoms with Gasteiger partial charge in [-0.1, -0.05) is 11.6 Å². The lowest BCUT2D eigenvalue weighted by Crippen LogP contribution is -2.34. The first-order valence-electron chi connectivity index (χ1n) is 6.93. The van der Waals surface area contributed by atoms with Crippen LogP contribution in [0.1, 0.15) is 45.6 Å². The zero-order chi connectivity index (χ0) is 17.4. The molecular formula is C13H11ClF2N4O3S. The van der Waals surface area contributed by atoms with Crippen LogP contribution in [0.25, 0.3) is 0 Å². The van der Waals surface area contributed by atoms with Crippen molar-refractivity contribution in [3.63, 3.8) is 0 Å². The zero-order valence-corrected chi connectivity index (χ0v) is 13.6. The number of hydrogen-bond donors (Lipinski definition) is 2. The van der Waals surface area contributed by atoms with E-state index in [1.165, 1.54) is 10.8 Å². The van der Waals surface area contributed by atoms with E-state index in [2.05, 4.69) is 15.3 Å². The third-order valence-electron chi connectivity index (χ3n) is 3.42. The fraction of sp³-hybridized carbons (Fsp3) is 0.385. The Labute approximate surface area is 142 Å². The molecule has 0 radical (unpaired) electrons. The van der Waals surface area contributed by atoms with Gasteiger partial charge in [-0.25, -0.2) is 18.6 Å². The van der Waals surface area contributed by atoms with Crippen molar-refractivity contribution in [1.29, 1.82) is 0 Å². The number of thiazole rings is 1. The summed E-state index contributed by atoms with van der Waals surface area (Å²) in [5.74, 6) is -0.725. The summed E-state index contributed by atoms with van der Waals surface area (Å²) in [6.07, 6.45) is 0.289. The molecule has 0 atom stereocenters. The van der Waals surface area contributed by atoms with Crippen molar-refractivity contribution in [3.8, 4) is 0 Å². The SMILES string of the molecule is O=C(NCc1cn(C2CC2)c(=O)[nH]c1=O)c1nc(Cl)c(C(F)F)s1. The average Bonchev–Trinajstić information content (AvgIpc) is 3.27. The Bertz CT molecular complexity index is 903. The molecule has 1 aliphatic carbocycles. The third-order valence-corrected chi connectivity index (χ3v) is 4.88. The number of aromatic nitrogens is 3. The van der Waals surface area contributed by atoms with E-state index >= 15 is 0 Å². The minimum absolute atomic E-state index is 0.0650. The maximum atomic E-state index is 12.6. The second-order valence-corrected chi connectivity index (χ2v) is 6.60. The molecule has 0 aromatic carbocycles. The van der Waals surface area contributed by atoms with Crippen LogP contribution in [0.5, 0.6) is 0 Å². The predicted octanol–water partition coefficient (Wildman–Crippen LogP) is 1.85. The second-order valence-electron chi connectivity index (χ2n) is 5.21. The molecule has 7 nitrogen and oxygen atoms in total. The van der Waals surface area contributed by atoms with Gasteiger partial charge >= 0.3 is 5.69 Å². The maximum absolute atomic E-state index is 12.6. The Kier molecular flexibility index (Phi) is 4.50. The Morgan fingerprint density at radius 1 is 1.50 bits per heavy atom. The lowest BCUT2D eigenvalue weighted by atomic mass is 10.3. The molecule has 2 aromatic rings. The molecule has 2 N–H and O–H groups in total. The van der Waals surface area contributed by atoms with E-state index in [9.17, 15) is 23.2 Å². The first kappa shape index (κ1) is 16.8. The fourth-order valence-corrected chi connectivity index (χ4v) is 3.13. The number of hydrogen-bond acceptors (Lipinski definition) is 5. The van der Waals surface area contributed by atoms with Crippen molar-refractivity contribution in [3.05, 3.63) is 47.6 Å². The topological polar surface area (TPSA) is 96.9 Å².